The fraction of sp³-hybridized carbons (Fsp3) is 0. The normalized spacial score (nSPS) is 11.0. The second-order valence-electron chi connectivity index (χ2n) is 4.46. The van der Waals surface area contributed by atoms with Crippen molar-refractivity contribution in [3.63, 3.8) is 0 Å². The number of fused-ring (bicyclic) bond motifs is 1. The molecule has 1 heterocycles. The summed E-state index contributed by atoms with van der Waals surface area (Å²) in [6.07, 6.45) is 2.05. The van der Waals surface area contributed by atoms with Crippen molar-refractivity contribution in [1.82, 2.24) is 4.98 Å². The second kappa shape index (κ2) is 5.34. The molecule has 1 aromatic heterocycles. The first-order chi connectivity index (χ1) is 10.0. The van der Waals surface area contributed by atoms with Gasteiger partial charge in [-0.25, -0.2) is 4.39 Å². The molecule has 0 aliphatic carbocycles. The van der Waals surface area contributed by atoms with Crippen LogP contribution in [-0.2, 0) is 0 Å². The highest BCUT2D eigenvalue weighted by molar-refractivity contribution is 6.41. The monoisotopic (exact) mass is 341 g/mol. The van der Waals surface area contributed by atoms with E-state index >= 15 is 0 Å². The quantitative estimate of drug-likeness (QED) is 0.591. The molecule has 0 spiro atoms. The topological polar surface area (TPSA) is 32.9 Å². The van der Waals surface area contributed by atoms with Gasteiger partial charge < -0.3 is 4.98 Å². The highest BCUT2D eigenvalue weighted by atomic mass is 35.5. The molecule has 0 unspecified atom stereocenters. The van der Waals surface area contributed by atoms with Crippen molar-refractivity contribution in [3.8, 4) is 11.1 Å². The highest BCUT2D eigenvalue weighted by Crippen LogP contribution is 2.40. The van der Waals surface area contributed by atoms with Gasteiger partial charge in [-0.2, -0.15) is 0 Å². The number of benzene rings is 2. The predicted octanol–water partition coefficient (Wildman–Crippen LogP) is 5.75. The first-order valence-corrected chi connectivity index (χ1v) is 7.06. The molecular weight excluding hydrogens is 336 g/mol. The van der Waals surface area contributed by atoms with Crippen LogP contribution in [-0.4, -0.2) is 11.3 Å². The molecule has 0 bridgehead atoms. The van der Waals surface area contributed by atoms with E-state index in [0.29, 0.717) is 22.4 Å². The Kier molecular flexibility index (Phi) is 3.66. The summed E-state index contributed by atoms with van der Waals surface area (Å²) in [5, 5.41) is 1.07. The van der Waals surface area contributed by atoms with Gasteiger partial charge in [0.05, 0.1) is 10.0 Å². The minimum absolute atomic E-state index is 0.213. The molecule has 3 aromatic rings. The SMILES string of the molecule is O=Cc1c[nH]c2ccc(-c3c(Cl)cc(Cl)cc3Cl)c(F)c12. The van der Waals surface area contributed by atoms with Crippen LogP contribution in [0.2, 0.25) is 15.1 Å². The van der Waals surface area contributed by atoms with E-state index in [0.717, 1.165) is 0 Å². The third-order valence-corrected chi connectivity index (χ3v) is 4.03. The Morgan fingerprint density at radius 2 is 1.76 bits per heavy atom. The number of carbonyl (C=O) groups excluding carboxylic acids is 1. The number of nitrogens with one attached hydrogen (secondary N) is 1. The first kappa shape index (κ1) is 14.4. The van der Waals surface area contributed by atoms with Crippen molar-refractivity contribution in [2.24, 2.45) is 0 Å². The van der Waals surface area contributed by atoms with Gasteiger partial charge in [0, 0.05) is 38.8 Å². The van der Waals surface area contributed by atoms with Crippen LogP contribution in [0.15, 0.2) is 30.5 Å². The number of aldehydes is 1. The third kappa shape index (κ3) is 2.31. The molecule has 0 aliphatic rings. The summed E-state index contributed by atoms with van der Waals surface area (Å²) in [5.41, 5.74) is 1.34. The summed E-state index contributed by atoms with van der Waals surface area (Å²) in [6.45, 7) is 0. The molecule has 0 amide bonds. The van der Waals surface area contributed by atoms with Gasteiger partial charge in [-0.3, -0.25) is 4.79 Å². The number of aromatic amines is 1. The van der Waals surface area contributed by atoms with Gasteiger partial charge in [0.2, 0.25) is 0 Å². The Bertz CT molecular complexity index is 850. The summed E-state index contributed by atoms with van der Waals surface area (Å²) in [6, 6.07) is 6.21. The molecule has 0 radical (unpaired) electrons. The summed E-state index contributed by atoms with van der Waals surface area (Å²) >= 11 is 18.1. The molecule has 0 atom stereocenters. The Balaban J connectivity index is 2.36. The largest absolute Gasteiger partial charge is 0.360 e. The molecule has 1 N–H and O–H groups in total. The van der Waals surface area contributed by atoms with Gasteiger partial charge >= 0.3 is 0 Å². The predicted molar refractivity (Wildman–Crippen MR) is 84.1 cm³/mol. The molecule has 0 aliphatic heterocycles. The van der Waals surface area contributed by atoms with Crippen LogP contribution in [0.25, 0.3) is 22.0 Å². The lowest BCUT2D eigenvalue weighted by Gasteiger charge is -2.10. The van der Waals surface area contributed by atoms with E-state index in [2.05, 4.69) is 4.98 Å². The van der Waals surface area contributed by atoms with Crippen LogP contribution in [0.4, 0.5) is 4.39 Å². The van der Waals surface area contributed by atoms with Crippen LogP contribution in [0.3, 0.4) is 0 Å². The second-order valence-corrected chi connectivity index (χ2v) is 5.71. The van der Waals surface area contributed by atoms with Crippen molar-refractivity contribution < 1.29 is 9.18 Å². The number of rotatable bonds is 2. The highest BCUT2D eigenvalue weighted by Gasteiger charge is 2.18. The van der Waals surface area contributed by atoms with E-state index in [9.17, 15) is 9.18 Å². The minimum Gasteiger partial charge on any atom is -0.360 e. The van der Waals surface area contributed by atoms with Crippen molar-refractivity contribution in [2.75, 3.05) is 0 Å². The lowest BCUT2D eigenvalue weighted by Crippen LogP contribution is -1.90. The molecule has 21 heavy (non-hydrogen) atoms. The number of H-pyrrole nitrogens is 1. The van der Waals surface area contributed by atoms with Crippen molar-refractivity contribution in [1.29, 1.82) is 0 Å². The van der Waals surface area contributed by atoms with E-state index in [1.807, 2.05) is 0 Å². The first-order valence-electron chi connectivity index (χ1n) is 5.92. The Morgan fingerprint density at radius 3 is 2.38 bits per heavy atom. The summed E-state index contributed by atoms with van der Waals surface area (Å²) in [4.78, 5) is 13.8. The van der Waals surface area contributed by atoms with Gasteiger partial charge in [0.15, 0.2) is 6.29 Å². The zero-order valence-electron chi connectivity index (χ0n) is 10.4. The maximum absolute atomic E-state index is 14.8. The van der Waals surface area contributed by atoms with Crippen molar-refractivity contribution >= 4 is 52.0 Å². The van der Waals surface area contributed by atoms with E-state index < -0.39 is 5.82 Å². The van der Waals surface area contributed by atoms with Crippen LogP contribution in [0.1, 0.15) is 10.4 Å². The number of hydrogen-bond donors (Lipinski definition) is 1. The van der Waals surface area contributed by atoms with Crippen molar-refractivity contribution in [2.45, 2.75) is 0 Å². The minimum atomic E-state index is -0.554. The van der Waals surface area contributed by atoms with Gasteiger partial charge in [-0.1, -0.05) is 34.8 Å². The molecule has 2 nitrogen and oxygen atoms in total. The molecule has 0 saturated carbocycles. The van der Waals surface area contributed by atoms with Gasteiger partial charge in [0.1, 0.15) is 5.82 Å². The van der Waals surface area contributed by atoms with Crippen LogP contribution < -0.4 is 0 Å². The number of halogens is 4. The lowest BCUT2D eigenvalue weighted by atomic mass is 10.0. The van der Waals surface area contributed by atoms with E-state index in [1.54, 1.807) is 12.1 Å². The third-order valence-electron chi connectivity index (χ3n) is 3.22. The number of aromatic nitrogens is 1. The van der Waals surface area contributed by atoms with Crippen LogP contribution in [0.5, 0.6) is 0 Å². The van der Waals surface area contributed by atoms with Crippen LogP contribution in [0, 0.1) is 5.82 Å². The molecule has 0 fully saturated rings. The maximum atomic E-state index is 14.8. The fourth-order valence-corrected chi connectivity index (χ4v) is 3.31. The maximum Gasteiger partial charge on any atom is 0.152 e. The zero-order valence-corrected chi connectivity index (χ0v) is 12.7. The Morgan fingerprint density at radius 1 is 1.10 bits per heavy atom. The van der Waals surface area contributed by atoms with Crippen molar-refractivity contribution in [3.05, 3.63) is 56.9 Å². The van der Waals surface area contributed by atoms with Gasteiger partial charge in [-0.05, 0) is 24.3 Å². The summed E-state index contributed by atoms with van der Waals surface area (Å²) in [7, 11) is 0. The fourth-order valence-electron chi connectivity index (χ4n) is 2.29. The van der Waals surface area contributed by atoms with Crippen LogP contribution >= 0.6 is 34.8 Å². The average molecular weight is 343 g/mol. The molecule has 2 aromatic carbocycles. The molecule has 3 rings (SSSR count). The van der Waals surface area contributed by atoms with Gasteiger partial charge in [0.25, 0.3) is 0 Å². The number of hydrogen-bond acceptors (Lipinski definition) is 1. The molecule has 0 saturated heterocycles. The Hall–Kier alpha value is -1.55. The molecule has 106 valence electrons. The van der Waals surface area contributed by atoms with E-state index in [-0.39, 0.29) is 26.6 Å². The number of carbonyl (C=O) groups is 1. The zero-order chi connectivity index (χ0) is 15.1. The van der Waals surface area contributed by atoms with E-state index in [4.69, 9.17) is 34.8 Å². The molecular formula is C15H7Cl3FNO. The summed E-state index contributed by atoms with van der Waals surface area (Å²) in [5.74, 6) is -0.554. The summed E-state index contributed by atoms with van der Waals surface area (Å²) < 4.78 is 14.8. The average Bonchev–Trinajstić information content (AvgIpc) is 2.84. The molecule has 6 heteroatoms. The van der Waals surface area contributed by atoms with Gasteiger partial charge in [-0.15, -0.1) is 0 Å². The lowest BCUT2D eigenvalue weighted by molar-refractivity contribution is 0.112. The Labute approximate surface area is 134 Å². The standard InChI is InChI=1S/C15H7Cl3FNO/c16-8-3-10(17)14(11(18)4-8)9-1-2-12-13(15(9)19)7(6-21)5-20-12/h1-6,20H. The van der Waals surface area contributed by atoms with E-state index in [1.165, 1.54) is 18.3 Å². The smallest absolute Gasteiger partial charge is 0.152 e.